The molecule has 0 spiro atoms. The maximum Gasteiger partial charge on any atom is 0.341 e. The average molecular weight is 252 g/mol. The van der Waals surface area contributed by atoms with E-state index in [9.17, 15) is 9.59 Å². The molecule has 0 aromatic carbocycles. The Hall–Kier alpha value is -1.62. The summed E-state index contributed by atoms with van der Waals surface area (Å²) in [6, 6.07) is 1.75. The summed E-state index contributed by atoms with van der Waals surface area (Å²) in [6.45, 7) is 4.89. The molecular weight excluding hydrogens is 232 g/mol. The van der Waals surface area contributed by atoms with E-state index < -0.39 is 11.5 Å². The van der Waals surface area contributed by atoms with Crippen LogP contribution in [-0.2, 0) is 6.54 Å². The van der Waals surface area contributed by atoms with E-state index in [4.69, 9.17) is 5.11 Å². The predicted octanol–water partition coefficient (Wildman–Crippen LogP) is 1.12. The second-order valence-electron chi connectivity index (χ2n) is 4.76. The van der Waals surface area contributed by atoms with Crippen LogP contribution in [0.3, 0.4) is 0 Å². The second kappa shape index (κ2) is 5.82. The molecule has 0 saturated heterocycles. The fraction of sp³-hybridized carbons (Fsp3) is 0.538. The van der Waals surface area contributed by atoms with E-state index in [1.807, 2.05) is 25.9 Å². The monoisotopic (exact) mass is 252 g/mol. The van der Waals surface area contributed by atoms with Crippen molar-refractivity contribution >= 4 is 5.97 Å². The van der Waals surface area contributed by atoms with Gasteiger partial charge in [0.05, 0.1) is 0 Å². The number of hydrogen-bond acceptors (Lipinski definition) is 3. The van der Waals surface area contributed by atoms with Gasteiger partial charge in [0.1, 0.15) is 5.56 Å². The minimum Gasteiger partial charge on any atom is -0.477 e. The Morgan fingerprint density at radius 2 is 2.00 bits per heavy atom. The minimum absolute atomic E-state index is 0.120. The zero-order chi connectivity index (χ0) is 13.9. The van der Waals surface area contributed by atoms with Gasteiger partial charge >= 0.3 is 5.97 Å². The van der Waals surface area contributed by atoms with Crippen molar-refractivity contribution in [2.24, 2.45) is 0 Å². The average Bonchev–Trinajstić information content (AvgIpc) is 2.21. The maximum absolute atomic E-state index is 12.1. The first-order chi connectivity index (χ1) is 8.34. The van der Waals surface area contributed by atoms with Crippen LogP contribution in [0.15, 0.2) is 10.9 Å². The Labute approximate surface area is 107 Å². The second-order valence-corrected chi connectivity index (χ2v) is 4.76. The van der Waals surface area contributed by atoms with Crippen LogP contribution in [-0.4, -0.2) is 41.2 Å². The highest BCUT2D eigenvalue weighted by atomic mass is 16.4. The summed E-state index contributed by atoms with van der Waals surface area (Å²) < 4.78 is 1.54. The molecule has 0 unspecified atom stereocenters. The summed E-state index contributed by atoms with van der Waals surface area (Å²) in [7, 11) is 3.93. The van der Waals surface area contributed by atoms with Gasteiger partial charge in [0.15, 0.2) is 0 Å². The van der Waals surface area contributed by atoms with Crippen LogP contribution >= 0.6 is 0 Å². The molecule has 1 heterocycles. The van der Waals surface area contributed by atoms with Gasteiger partial charge in [-0.05, 0) is 52.5 Å². The van der Waals surface area contributed by atoms with E-state index in [1.165, 1.54) is 0 Å². The van der Waals surface area contributed by atoms with Crippen molar-refractivity contribution in [3.63, 3.8) is 0 Å². The van der Waals surface area contributed by atoms with E-state index in [2.05, 4.69) is 0 Å². The van der Waals surface area contributed by atoms with Crippen LogP contribution < -0.4 is 5.56 Å². The van der Waals surface area contributed by atoms with Crippen LogP contribution in [0.25, 0.3) is 0 Å². The molecule has 0 aliphatic carbocycles. The summed E-state index contributed by atoms with van der Waals surface area (Å²) in [4.78, 5) is 25.2. The number of carboxylic acids is 1. The van der Waals surface area contributed by atoms with E-state index in [-0.39, 0.29) is 5.56 Å². The molecule has 1 aromatic heterocycles. The van der Waals surface area contributed by atoms with Gasteiger partial charge in [-0.15, -0.1) is 0 Å². The Bertz CT molecular complexity index is 504. The molecule has 0 radical (unpaired) electrons. The first-order valence-corrected chi connectivity index (χ1v) is 5.93. The maximum atomic E-state index is 12.1. The Balaban J connectivity index is 3.08. The van der Waals surface area contributed by atoms with Gasteiger partial charge in [-0.2, -0.15) is 0 Å². The third-order valence-electron chi connectivity index (χ3n) is 2.91. The Kier molecular flexibility index (Phi) is 4.67. The van der Waals surface area contributed by atoms with Crippen LogP contribution in [0, 0.1) is 13.8 Å². The number of hydrogen-bond donors (Lipinski definition) is 1. The van der Waals surface area contributed by atoms with Crippen molar-refractivity contribution in [3.8, 4) is 0 Å². The zero-order valence-electron chi connectivity index (χ0n) is 11.4. The smallest absolute Gasteiger partial charge is 0.341 e. The van der Waals surface area contributed by atoms with Crippen molar-refractivity contribution in [1.82, 2.24) is 9.47 Å². The summed E-state index contributed by atoms with van der Waals surface area (Å²) >= 11 is 0. The van der Waals surface area contributed by atoms with Crippen LogP contribution in [0.4, 0.5) is 0 Å². The number of rotatable bonds is 5. The highest BCUT2D eigenvalue weighted by molar-refractivity contribution is 5.88. The molecular formula is C13H20N2O3. The molecule has 0 saturated carbocycles. The van der Waals surface area contributed by atoms with Crippen LogP contribution in [0.2, 0.25) is 0 Å². The molecule has 1 N–H and O–H groups in total. The van der Waals surface area contributed by atoms with Crippen LogP contribution in [0.5, 0.6) is 0 Å². The van der Waals surface area contributed by atoms with E-state index in [1.54, 1.807) is 17.6 Å². The first kappa shape index (κ1) is 14.4. The van der Waals surface area contributed by atoms with Crippen molar-refractivity contribution in [3.05, 3.63) is 33.2 Å². The van der Waals surface area contributed by atoms with E-state index >= 15 is 0 Å². The molecule has 100 valence electrons. The number of nitrogens with zero attached hydrogens (tertiary/aromatic N) is 2. The minimum atomic E-state index is -1.15. The number of pyridine rings is 1. The Morgan fingerprint density at radius 3 is 2.50 bits per heavy atom. The number of aryl methyl sites for hydroxylation is 2. The summed E-state index contributed by atoms with van der Waals surface area (Å²) in [6.07, 6.45) is 0.815. The van der Waals surface area contributed by atoms with Gasteiger partial charge in [-0.3, -0.25) is 4.79 Å². The standard InChI is InChI=1S/C13H20N2O3/c1-9-8-10(2)15(7-5-6-14(3)4)12(16)11(9)13(17)18/h8H,5-7H2,1-4H3,(H,17,18). The van der Waals surface area contributed by atoms with E-state index in [0.717, 1.165) is 18.7 Å². The summed E-state index contributed by atoms with van der Waals surface area (Å²) in [5.41, 5.74) is 0.805. The fourth-order valence-corrected chi connectivity index (χ4v) is 2.01. The number of aromatic nitrogens is 1. The number of carbonyl (C=O) groups is 1. The van der Waals surface area contributed by atoms with Crippen molar-refractivity contribution in [1.29, 1.82) is 0 Å². The lowest BCUT2D eigenvalue weighted by atomic mass is 10.1. The third kappa shape index (κ3) is 3.20. The molecule has 0 atom stereocenters. The molecule has 5 nitrogen and oxygen atoms in total. The van der Waals surface area contributed by atoms with Gasteiger partial charge in [-0.25, -0.2) is 4.79 Å². The highest BCUT2D eigenvalue weighted by Gasteiger charge is 2.16. The summed E-state index contributed by atoms with van der Waals surface area (Å²) in [5.74, 6) is -1.15. The third-order valence-corrected chi connectivity index (χ3v) is 2.91. The van der Waals surface area contributed by atoms with Gasteiger partial charge in [-0.1, -0.05) is 0 Å². The van der Waals surface area contributed by atoms with Gasteiger partial charge in [0.2, 0.25) is 0 Å². The lowest BCUT2D eigenvalue weighted by Crippen LogP contribution is -2.30. The molecule has 1 aromatic rings. The Morgan fingerprint density at radius 1 is 1.39 bits per heavy atom. The number of aromatic carboxylic acids is 1. The van der Waals surface area contributed by atoms with Crippen molar-refractivity contribution in [2.45, 2.75) is 26.8 Å². The molecule has 0 aliphatic rings. The van der Waals surface area contributed by atoms with Gasteiger partial charge in [0.25, 0.3) is 5.56 Å². The quantitative estimate of drug-likeness (QED) is 0.853. The molecule has 5 heteroatoms. The highest BCUT2D eigenvalue weighted by Crippen LogP contribution is 2.07. The van der Waals surface area contributed by atoms with Gasteiger partial charge < -0.3 is 14.6 Å². The summed E-state index contributed by atoms with van der Waals surface area (Å²) in [5, 5.41) is 9.05. The van der Waals surface area contributed by atoms with Crippen molar-refractivity contribution < 1.29 is 9.90 Å². The van der Waals surface area contributed by atoms with E-state index in [0.29, 0.717) is 12.1 Å². The lowest BCUT2D eigenvalue weighted by Gasteiger charge is -2.14. The molecule has 0 aliphatic heterocycles. The molecule has 0 bridgehead atoms. The molecule has 0 amide bonds. The molecule has 18 heavy (non-hydrogen) atoms. The molecule has 1 rings (SSSR count). The predicted molar refractivity (Wildman–Crippen MR) is 70.3 cm³/mol. The number of carboxylic acid groups (broad SMARTS) is 1. The SMILES string of the molecule is Cc1cc(C)n(CCCN(C)C)c(=O)c1C(=O)O. The largest absolute Gasteiger partial charge is 0.477 e. The fourth-order valence-electron chi connectivity index (χ4n) is 2.01. The topological polar surface area (TPSA) is 62.5 Å². The zero-order valence-corrected chi connectivity index (χ0v) is 11.4. The van der Waals surface area contributed by atoms with Crippen LogP contribution in [0.1, 0.15) is 28.0 Å². The molecule has 0 fully saturated rings. The first-order valence-electron chi connectivity index (χ1n) is 5.93. The van der Waals surface area contributed by atoms with Crippen molar-refractivity contribution in [2.75, 3.05) is 20.6 Å². The van der Waals surface area contributed by atoms with Gasteiger partial charge in [0, 0.05) is 12.2 Å². The normalized spacial score (nSPS) is 10.9. The lowest BCUT2D eigenvalue weighted by molar-refractivity contribution is 0.0693.